The number of aldehydes is 1. The Labute approximate surface area is 239 Å². The van der Waals surface area contributed by atoms with Crippen molar-refractivity contribution in [2.45, 2.75) is 57.4 Å². The molecule has 40 heavy (non-hydrogen) atoms. The second-order valence-electron chi connectivity index (χ2n) is 12.4. The number of amides is 1. The summed E-state index contributed by atoms with van der Waals surface area (Å²) < 4.78 is 14.1. The molecule has 2 aliphatic heterocycles. The van der Waals surface area contributed by atoms with Crippen LogP contribution in [-0.2, 0) is 23.1 Å². The number of imidazole rings is 1. The van der Waals surface area contributed by atoms with Crippen molar-refractivity contribution in [3.63, 3.8) is 0 Å². The molecular weight excluding hydrogens is 506 g/mol. The number of ether oxygens (including phenoxy) is 2. The standard InChI is InChI=1S/C31H48N5O4/c1-6-7-15-34(16-8-9-18-36(3,4)5)31(38)21-35-20-25(24-10-12-28-29(19-24)40-23-39-28)26(22-37)27(35)11-13-30-32-14-17-33(30)2/h10,12,14,17,19,22,25-27H,6-9,11,13,15-16,18,20-21,23H2,1-5H3/q+1/t25-,26-,27+/m1/s1. The van der Waals surface area contributed by atoms with Gasteiger partial charge in [-0.1, -0.05) is 19.4 Å². The van der Waals surface area contributed by atoms with Gasteiger partial charge in [0.2, 0.25) is 12.7 Å². The molecule has 0 saturated carbocycles. The molecule has 1 fully saturated rings. The normalized spacial score (nSPS) is 20.7. The maximum atomic E-state index is 13.8. The minimum Gasteiger partial charge on any atom is -0.454 e. The van der Waals surface area contributed by atoms with Crippen molar-refractivity contribution in [3.8, 4) is 11.5 Å². The number of hydrogen-bond acceptors (Lipinski definition) is 6. The third-order valence-corrected chi connectivity index (χ3v) is 8.36. The Hall–Kier alpha value is -2.91. The highest BCUT2D eigenvalue weighted by Gasteiger charge is 2.43. The van der Waals surface area contributed by atoms with Crippen molar-refractivity contribution in [3.05, 3.63) is 42.0 Å². The highest BCUT2D eigenvalue weighted by atomic mass is 16.7. The first-order chi connectivity index (χ1) is 19.2. The Balaban J connectivity index is 1.51. The number of nitrogens with zero attached hydrogens (tertiary/aromatic N) is 5. The number of fused-ring (bicyclic) bond motifs is 1. The van der Waals surface area contributed by atoms with E-state index in [1.807, 2.05) is 42.2 Å². The van der Waals surface area contributed by atoms with Crippen molar-refractivity contribution < 1.29 is 23.5 Å². The van der Waals surface area contributed by atoms with Crippen LogP contribution in [0.15, 0.2) is 30.6 Å². The summed E-state index contributed by atoms with van der Waals surface area (Å²) in [5.41, 5.74) is 1.06. The molecule has 0 spiro atoms. The summed E-state index contributed by atoms with van der Waals surface area (Å²) in [5.74, 6) is 2.38. The van der Waals surface area contributed by atoms with Crippen molar-refractivity contribution in [1.82, 2.24) is 19.4 Å². The van der Waals surface area contributed by atoms with Crippen LogP contribution in [-0.4, -0.2) is 103 Å². The van der Waals surface area contributed by atoms with Gasteiger partial charge in [0, 0.05) is 63.4 Å². The Kier molecular flexibility index (Phi) is 10.2. The number of quaternary nitrogens is 1. The molecule has 1 amide bonds. The van der Waals surface area contributed by atoms with Gasteiger partial charge in [-0.25, -0.2) is 4.98 Å². The number of carbonyl (C=O) groups excluding carboxylic acids is 2. The van der Waals surface area contributed by atoms with Gasteiger partial charge in [0.05, 0.1) is 34.2 Å². The summed E-state index contributed by atoms with van der Waals surface area (Å²) in [6, 6.07) is 5.93. The molecular formula is C31H48N5O4+. The van der Waals surface area contributed by atoms with E-state index in [-0.39, 0.29) is 30.6 Å². The van der Waals surface area contributed by atoms with Crippen LogP contribution in [0.4, 0.5) is 0 Å². The Bertz CT molecular complexity index is 1130. The van der Waals surface area contributed by atoms with Gasteiger partial charge in [-0.3, -0.25) is 9.69 Å². The van der Waals surface area contributed by atoms with Crippen molar-refractivity contribution in [1.29, 1.82) is 0 Å². The van der Waals surface area contributed by atoms with E-state index in [1.54, 1.807) is 0 Å². The number of carbonyl (C=O) groups is 2. The van der Waals surface area contributed by atoms with Gasteiger partial charge in [0.25, 0.3) is 0 Å². The van der Waals surface area contributed by atoms with Crippen molar-refractivity contribution in [2.75, 3.05) is 60.7 Å². The molecule has 3 atom stereocenters. The lowest BCUT2D eigenvalue weighted by atomic mass is 9.84. The molecule has 0 aliphatic carbocycles. The Morgan fingerprint density at radius 3 is 2.62 bits per heavy atom. The summed E-state index contributed by atoms with van der Waals surface area (Å²) >= 11 is 0. The molecule has 220 valence electrons. The summed E-state index contributed by atoms with van der Waals surface area (Å²) in [5, 5.41) is 0. The van der Waals surface area contributed by atoms with Gasteiger partial charge in [-0.2, -0.15) is 0 Å². The van der Waals surface area contributed by atoms with Gasteiger partial charge in [-0.15, -0.1) is 0 Å². The van der Waals surface area contributed by atoms with Crippen LogP contribution in [0.3, 0.4) is 0 Å². The minimum atomic E-state index is -0.220. The van der Waals surface area contributed by atoms with Crippen molar-refractivity contribution in [2.24, 2.45) is 13.0 Å². The van der Waals surface area contributed by atoms with E-state index in [0.717, 1.165) is 91.8 Å². The van der Waals surface area contributed by atoms with E-state index in [2.05, 4.69) is 42.9 Å². The molecule has 0 unspecified atom stereocenters. The van der Waals surface area contributed by atoms with E-state index >= 15 is 0 Å². The SMILES string of the molecule is CCCCN(CCCC[N+](C)(C)C)C(=O)CN1C[C@H](c2ccc3c(c2)OCO3)[C@@H](C=O)[C@@H]1CCc1nccn1C. The molecule has 0 radical (unpaired) electrons. The Morgan fingerprint density at radius 1 is 1.15 bits per heavy atom. The van der Waals surface area contributed by atoms with Crippen LogP contribution in [0.5, 0.6) is 11.5 Å². The third kappa shape index (κ3) is 7.63. The zero-order valence-electron chi connectivity index (χ0n) is 25.1. The fourth-order valence-corrected chi connectivity index (χ4v) is 6.02. The smallest absolute Gasteiger partial charge is 0.236 e. The lowest BCUT2D eigenvalue weighted by molar-refractivity contribution is -0.870. The summed E-state index contributed by atoms with van der Waals surface area (Å²) in [6.45, 7) is 6.03. The van der Waals surface area contributed by atoms with E-state index in [9.17, 15) is 9.59 Å². The molecule has 3 heterocycles. The number of unbranched alkanes of at least 4 members (excludes halogenated alkanes) is 2. The molecule has 1 aromatic heterocycles. The monoisotopic (exact) mass is 554 g/mol. The highest BCUT2D eigenvalue weighted by molar-refractivity contribution is 5.78. The average molecular weight is 555 g/mol. The van der Waals surface area contributed by atoms with Crippen LogP contribution in [0.2, 0.25) is 0 Å². The maximum Gasteiger partial charge on any atom is 0.236 e. The Morgan fingerprint density at radius 2 is 1.93 bits per heavy atom. The van der Waals surface area contributed by atoms with Gasteiger partial charge in [0.1, 0.15) is 12.1 Å². The first kappa shape index (κ1) is 30.1. The number of aryl methyl sites for hydroxylation is 2. The molecule has 4 rings (SSSR count). The fraction of sp³-hybridized carbons (Fsp3) is 0.645. The van der Waals surface area contributed by atoms with Gasteiger partial charge >= 0.3 is 0 Å². The number of likely N-dealkylation sites (tertiary alicyclic amines) is 1. The summed E-state index contributed by atoms with van der Waals surface area (Å²) in [4.78, 5) is 35.2. The highest BCUT2D eigenvalue weighted by Crippen LogP contribution is 2.42. The number of hydrogen-bond donors (Lipinski definition) is 0. The second kappa shape index (κ2) is 13.6. The van der Waals surface area contributed by atoms with Crippen LogP contribution in [0.25, 0.3) is 0 Å². The van der Waals surface area contributed by atoms with Crippen LogP contribution < -0.4 is 9.47 Å². The summed E-state index contributed by atoms with van der Waals surface area (Å²) in [7, 11) is 8.62. The number of rotatable bonds is 15. The molecule has 9 heteroatoms. The topological polar surface area (TPSA) is 76.9 Å². The lowest BCUT2D eigenvalue weighted by Crippen LogP contribution is -2.44. The maximum absolute atomic E-state index is 13.8. The van der Waals surface area contributed by atoms with Crippen LogP contribution in [0, 0.1) is 5.92 Å². The molecule has 2 aliphatic rings. The first-order valence-electron chi connectivity index (χ1n) is 14.8. The van der Waals surface area contributed by atoms with E-state index in [0.29, 0.717) is 13.1 Å². The molecule has 2 aromatic rings. The predicted octanol–water partition coefficient (Wildman–Crippen LogP) is 3.48. The molecule has 9 nitrogen and oxygen atoms in total. The van der Waals surface area contributed by atoms with E-state index < -0.39 is 0 Å². The molecule has 0 N–H and O–H groups in total. The number of aromatic nitrogens is 2. The first-order valence-corrected chi connectivity index (χ1v) is 14.8. The molecule has 1 aromatic carbocycles. The second-order valence-corrected chi connectivity index (χ2v) is 12.4. The third-order valence-electron chi connectivity index (χ3n) is 8.36. The zero-order valence-corrected chi connectivity index (χ0v) is 25.1. The minimum absolute atomic E-state index is 0.0141. The largest absolute Gasteiger partial charge is 0.454 e. The van der Waals surface area contributed by atoms with E-state index in [4.69, 9.17) is 9.47 Å². The molecule has 0 bridgehead atoms. The van der Waals surface area contributed by atoms with Gasteiger partial charge < -0.3 is 28.2 Å². The fourth-order valence-electron chi connectivity index (χ4n) is 6.02. The van der Waals surface area contributed by atoms with Crippen LogP contribution >= 0.6 is 0 Å². The predicted molar refractivity (Wildman–Crippen MR) is 155 cm³/mol. The van der Waals surface area contributed by atoms with Gasteiger partial charge in [-0.05, 0) is 43.4 Å². The quantitative estimate of drug-likeness (QED) is 0.191. The summed E-state index contributed by atoms with van der Waals surface area (Å²) in [6.07, 6.45) is 10.5. The van der Waals surface area contributed by atoms with E-state index in [1.165, 1.54) is 0 Å². The molecule has 1 saturated heterocycles. The zero-order chi connectivity index (χ0) is 28.7. The van der Waals surface area contributed by atoms with Gasteiger partial charge in [0.15, 0.2) is 11.5 Å². The van der Waals surface area contributed by atoms with Crippen molar-refractivity contribution >= 4 is 12.2 Å². The number of benzene rings is 1. The lowest BCUT2D eigenvalue weighted by Gasteiger charge is -2.30. The average Bonchev–Trinajstić information content (AvgIpc) is 3.64. The van der Waals surface area contributed by atoms with Crippen LogP contribution in [0.1, 0.15) is 56.3 Å².